The predicted octanol–water partition coefficient (Wildman–Crippen LogP) is 1.56. The quantitative estimate of drug-likeness (QED) is 0.500. The van der Waals surface area contributed by atoms with E-state index in [-0.39, 0.29) is 0 Å². The fourth-order valence-corrected chi connectivity index (χ4v) is 1.37. The third-order valence-electron chi connectivity index (χ3n) is 1.97. The smallest absolute Gasteiger partial charge is 0.240 e. The monoisotopic (exact) mass is 191 g/mol. The lowest BCUT2D eigenvalue weighted by Gasteiger charge is -2.07. The number of nitrogens with zero attached hydrogens (tertiary/aromatic N) is 1. The summed E-state index contributed by atoms with van der Waals surface area (Å²) >= 11 is 0. The Morgan fingerprint density at radius 2 is 2.29 bits per heavy atom. The number of aliphatic imine (C=N–C) groups is 1. The van der Waals surface area contributed by atoms with Gasteiger partial charge >= 0.3 is 0 Å². The van der Waals surface area contributed by atoms with Crippen LogP contribution in [-0.4, -0.2) is 19.3 Å². The molecule has 1 aliphatic rings. The molecule has 14 heavy (non-hydrogen) atoms. The van der Waals surface area contributed by atoms with Crippen LogP contribution in [0.15, 0.2) is 23.2 Å². The first-order valence-electron chi connectivity index (χ1n) is 4.32. The van der Waals surface area contributed by atoms with Gasteiger partial charge in [0.1, 0.15) is 12.3 Å². The van der Waals surface area contributed by atoms with Gasteiger partial charge in [0.25, 0.3) is 0 Å². The van der Waals surface area contributed by atoms with E-state index in [1.165, 1.54) is 6.08 Å². The molecule has 0 radical (unpaired) electrons. The molecule has 4 nitrogen and oxygen atoms in total. The third-order valence-corrected chi connectivity index (χ3v) is 1.97. The molecule has 2 rings (SSSR count). The molecule has 0 N–H and O–H groups in total. The van der Waals surface area contributed by atoms with E-state index in [9.17, 15) is 4.79 Å². The SMILES string of the molecule is O=C=Nc1cccc2c1OCCOC2. The highest BCUT2D eigenvalue weighted by Crippen LogP contribution is 2.32. The van der Waals surface area contributed by atoms with Gasteiger partial charge < -0.3 is 9.47 Å². The van der Waals surface area contributed by atoms with E-state index in [4.69, 9.17) is 9.47 Å². The van der Waals surface area contributed by atoms with Crippen LogP contribution in [0.3, 0.4) is 0 Å². The van der Waals surface area contributed by atoms with Crippen molar-refractivity contribution in [2.24, 2.45) is 4.99 Å². The Hall–Kier alpha value is -1.64. The van der Waals surface area contributed by atoms with Crippen molar-refractivity contribution in [3.8, 4) is 5.75 Å². The number of rotatable bonds is 1. The van der Waals surface area contributed by atoms with Crippen molar-refractivity contribution in [3.63, 3.8) is 0 Å². The van der Waals surface area contributed by atoms with Crippen LogP contribution in [0.4, 0.5) is 5.69 Å². The Bertz CT molecular complexity index is 383. The molecule has 0 fully saturated rings. The Labute approximate surface area is 81.2 Å². The first kappa shape index (κ1) is 8.94. The van der Waals surface area contributed by atoms with Crippen molar-refractivity contribution in [2.75, 3.05) is 13.2 Å². The molecule has 0 bridgehead atoms. The highest BCUT2D eigenvalue weighted by molar-refractivity contribution is 5.60. The summed E-state index contributed by atoms with van der Waals surface area (Å²) in [6.07, 6.45) is 1.51. The average molecular weight is 191 g/mol. The molecule has 0 spiro atoms. The minimum Gasteiger partial charge on any atom is -0.489 e. The van der Waals surface area contributed by atoms with Gasteiger partial charge in [-0.1, -0.05) is 12.1 Å². The second kappa shape index (κ2) is 4.05. The topological polar surface area (TPSA) is 47.9 Å². The molecule has 1 aromatic rings. The fraction of sp³-hybridized carbons (Fsp3) is 0.300. The van der Waals surface area contributed by atoms with Crippen LogP contribution in [0.5, 0.6) is 5.75 Å². The van der Waals surface area contributed by atoms with Crippen molar-refractivity contribution in [3.05, 3.63) is 23.8 Å². The second-order valence-corrected chi connectivity index (χ2v) is 2.87. The van der Waals surface area contributed by atoms with Crippen molar-refractivity contribution in [1.29, 1.82) is 0 Å². The molecule has 0 atom stereocenters. The van der Waals surface area contributed by atoms with Crippen LogP contribution < -0.4 is 4.74 Å². The molecule has 0 amide bonds. The minimum atomic E-state index is 0.485. The number of isocyanates is 1. The van der Waals surface area contributed by atoms with E-state index in [1.807, 2.05) is 12.1 Å². The van der Waals surface area contributed by atoms with Gasteiger partial charge in [-0.2, -0.15) is 4.99 Å². The molecule has 1 aliphatic heterocycles. The third kappa shape index (κ3) is 1.66. The number of ether oxygens (including phenoxy) is 2. The van der Waals surface area contributed by atoms with Crippen LogP contribution >= 0.6 is 0 Å². The van der Waals surface area contributed by atoms with Crippen LogP contribution in [0.2, 0.25) is 0 Å². The van der Waals surface area contributed by atoms with Gasteiger partial charge in [-0.15, -0.1) is 0 Å². The number of hydrogen-bond acceptors (Lipinski definition) is 4. The first-order chi connectivity index (χ1) is 6.92. The lowest BCUT2D eigenvalue weighted by Crippen LogP contribution is -2.01. The van der Waals surface area contributed by atoms with Gasteiger partial charge in [0.15, 0.2) is 5.75 Å². The van der Waals surface area contributed by atoms with Crippen molar-refractivity contribution < 1.29 is 14.3 Å². The molecule has 0 saturated heterocycles. The lowest BCUT2D eigenvalue weighted by molar-refractivity contribution is 0.107. The van der Waals surface area contributed by atoms with Crippen LogP contribution in [0.25, 0.3) is 0 Å². The maximum atomic E-state index is 10.2. The van der Waals surface area contributed by atoms with Crippen LogP contribution in [-0.2, 0) is 16.1 Å². The largest absolute Gasteiger partial charge is 0.489 e. The minimum absolute atomic E-state index is 0.485. The molecule has 72 valence electrons. The summed E-state index contributed by atoms with van der Waals surface area (Å²) < 4.78 is 10.7. The first-order valence-corrected chi connectivity index (χ1v) is 4.32. The standard InChI is InChI=1S/C10H9NO3/c12-7-11-9-3-1-2-8-6-13-4-5-14-10(8)9/h1-3H,4-6H2. The van der Waals surface area contributed by atoms with E-state index < -0.39 is 0 Å². The molecule has 0 aromatic heterocycles. The predicted molar refractivity (Wildman–Crippen MR) is 49.4 cm³/mol. The fourth-order valence-electron chi connectivity index (χ4n) is 1.37. The van der Waals surface area contributed by atoms with Gasteiger partial charge in [-0.05, 0) is 6.07 Å². The molecule has 1 aromatic carbocycles. The van der Waals surface area contributed by atoms with Crippen molar-refractivity contribution in [2.45, 2.75) is 6.61 Å². The summed E-state index contributed by atoms with van der Waals surface area (Å²) in [4.78, 5) is 13.7. The van der Waals surface area contributed by atoms with Crippen molar-refractivity contribution in [1.82, 2.24) is 0 Å². The normalized spacial score (nSPS) is 14.6. The van der Waals surface area contributed by atoms with Crippen LogP contribution in [0, 0.1) is 0 Å². The Kier molecular flexibility index (Phi) is 2.58. The summed E-state index contributed by atoms with van der Waals surface area (Å²) in [6, 6.07) is 5.42. The van der Waals surface area contributed by atoms with E-state index >= 15 is 0 Å². The van der Waals surface area contributed by atoms with Gasteiger partial charge in [-0.3, -0.25) is 0 Å². The van der Waals surface area contributed by atoms with Gasteiger partial charge in [0.05, 0.1) is 13.2 Å². The summed E-state index contributed by atoms with van der Waals surface area (Å²) in [6.45, 7) is 1.54. The van der Waals surface area contributed by atoms with Crippen molar-refractivity contribution >= 4 is 11.8 Å². The lowest BCUT2D eigenvalue weighted by atomic mass is 10.2. The zero-order valence-corrected chi connectivity index (χ0v) is 7.53. The number of benzene rings is 1. The maximum Gasteiger partial charge on any atom is 0.240 e. The van der Waals surface area contributed by atoms with Crippen LogP contribution in [0.1, 0.15) is 5.56 Å². The molecule has 0 unspecified atom stereocenters. The summed E-state index contributed by atoms with van der Waals surface area (Å²) in [5.41, 5.74) is 1.43. The number of para-hydroxylation sites is 1. The van der Waals surface area contributed by atoms with E-state index in [0.717, 1.165) is 5.56 Å². The molecular weight excluding hydrogens is 182 g/mol. The number of carbonyl (C=O) groups excluding carboxylic acids is 1. The summed E-state index contributed by atoms with van der Waals surface area (Å²) in [5.74, 6) is 0.633. The summed E-state index contributed by atoms with van der Waals surface area (Å²) in [5, 5.41) is 0. The zero-order chi connectivity index (χ0) is 9.80. The van der Waals surface area contributed by atoms with Gasteiger partial charge in [0, 0.05) is 5.56 Å². The molecule has 4 heteroatoms. The Morgan fingerprint density at radius 3 is 3.14 bits per heavy atom. The molecule has 0 aliphatic carbocycles. The Morgan fingerprint density at radius 1 is 1.36 bits per heavy atom. The highest BCUT2D eigenvalue weighted by atomic mass is 16.5. The number of hydrogen-bond donors (Lipinski definition) is 0. The maximum absolute atomic E-state index is 10.2. The van der Waals surface area contributed by atoms with Gasteiger partial charge in [0.2, 0.25) is 6.08 Å². The second-order valence-electron chi connectivity index (χ2n) is 2.87. The molecule has 0 saturated carbocycles. The zero-order valence-electron chi connectivity index (χ0n) is 7.53. The van der Waals surface area contributed by atoms with E-state index in [2.05, 4.69) is 4.99 Å². The molecular formula is C10H9NO3. The summed E-state index contributed by atoms with van der Waals surface area (Å²) in [7, 11) is 0. The van der Waals surface area contributed by atoms with Gasteiger partial charge in [-0.25, -0.2) is 4.79 Å². The highest BCUT2D eigenvalue weighted by Gasteiger charge is 2.12. The Balaban J connectivity index is 2.47. The average Bonchev–Trinajstić information content (AvgIpc) is 2.44. The number of fused-ring (bicyclic) bond motifs is 1. The van der Waals surface area contributed by atoms with E-state index in [0.29, 0.717) is 31.3 Å². The van der Waals surface area contributed by atoms with E-state index in [1.54, 1.807) is 6.07 Å². The molecule has 1 heterocycles.